The zero-order chi connectivity index (χ0) is 28.8. The molecule has 0 spiro atoms. The van der Waals surface area contributed by atoms with Gasteiger partial charge in [0.2, 0.25) is 0 Å². The summed E-state index contributed by atoms with van der Waals surface area (Å²) in [6.45, 7) is 4.00. The molecule has 0 amide bonds. The smallest absolute Gasteiger partial charge is 0.439 e. The van der Waals surface area contributed by atoms with E-state index >= 15 is 0 Å². The maximum Gasteiger partial charge on any atom is 0.439 e. The van der Waals surface area contributed by atoms with Gasteiger partial charge < -0.3 is 9.84 Å². The molecule has 0 aliphatic rings. The summed E-state index contributed by atoms with van der Waals surface area (Å²) in [5, 5.41) is 13.1. The van der Waals surface area contributed by atoms with Crippen LogP contribution in [0.2, 0.25) is 0 Å². The van der Waals surface area contributed by atoms with Crippen LogP contribution in [0.5, 0.6) is 5.75 Å². The van der Waals surface area contributed by atoms with E-state index in [-0.39, 0.29) is 18.8 Å². The number of benzene rings is 3. The van der Waals surface area contributed by atoms with Crippen molar-refractivity contribution < 1.29 is 14.4 Å². The fourth-order valence-electron chi connectivity index (χ4n) is 4.94. The largest absolute Gasteiger partial charge is 0.491 e. The van der Waals surface area contributed by atoms with Crippen molar-refractivity contribution in [3.8, 4) is 34.0 Å². The normalized spacial score (nSPS) is 11.1. The lowest BCUT2D eigenvalue weighted by Gasteiger charge is -2.17. The Hall–Kier alpha value is -4.76. The summed E-state index contributed by atoms with van der Waals surface area (Å²) in [6.07, 6.45) is 2.92. The first kappa shape index (κ1) is 27.8. The number of hydrogen-bond donors (Lipinski definition) is 2. The van der Waals surface area contributed by atoms with Crippen LogP contribution in [-0.4, -0.2) is 38.0 Å². The van der Waals surface area contributed by atoms with E-state index in [1.165, 1.54) is 0 Å². The van der Waals surface area contributed by atoms with E-state index in [1.807, 2.05) is 67.6 Å². The average molecular weight is 553 g/mol. The predicted octanol–water partition coefficient (Wildman–Crippen LogP) is 4.86. The van der Waals surface area contributed by atoms with Crippen LogP contribution < -0.4 is 16.1 Å². The van der Waals surface area contributed by atoms with Crippen LogP contribution in [0.15, 0.2) is 86.9 Å². The molecule has 5 rings (SSSR count). The minimum atomic E-state index is -0.637. The first-order valence-corrected chi connectivity index (χ1v) is 13.7. The van der Waals surface area contributed by atoms with Gasteiger partial charge in [0, 0.05) is 23.6 Å². The number of hydrogen-bond acceptors (Lipinski definition) is 7. The molecule has 0 atom stereocenters. The van der Waals surface area contributed by atoms with E-state index in [1.54, 1.807) is 16.7 Å². The lowest BCUT2D eigenvalue weighted by atomic mass is 9.94. The van der Waals surface area contributed by atoms with E-state index < -0.39 is 5.76 Å². The number of unbranched alkanes of at least 4 members (excludes halogenated alkanes) is 1. The molecule has 0 saturated heterocycles. The summed E-state index contributed by atoms with van der Waals surface area (Å²) >= 11 is 0. The molecule has 210 valence electrons. The van der Waals surface area contributed by atoms with Gasteiger partial charge >= 0.3 is 5.76 Å². The monoisotopic (exact) mass is 552 g/mol. The highest BCUT2D eigenvalue weighted by Gasteiger charge is 2.19. The number of H-pyrrole nitrogens is 1. The number of aryl methyl sites for hydroxylation is 2. The maximum atomic E-state index is 14.1. The maximum absolute atomic E-state index is 14.1. The van der Waals surface area contributed by atoms with Crippen LogP contribution in [0.25, 0.3) is 28.2 Å². The van der Waals surface area contributed by atoms with Gasteiger partial charge in [-0.15, -0.1) is 0 Å². The number of nitrogens with one attached hydrogen (secondary N) is 1. The van der Waals surface area contributed by atoms with Crippen molar-refractivity contribution in [2.24, 2.45) is 0 Å². The molecule has 9 nitrogen and oxygen atoms in total. The second-order valence-corrected chi connectivity index (χ2v) is 9.76. The molecule has 0 aliphatic carbocycles. The third-order valence-electron chi connectivity index (χ3n) is 6.88. The molecule has 2 aromatic heterocycles. The number of aliphatic hydroxyl groups excluding tert-OH is 1. The molecule has 0 fully saturated rings. The summed E-state index contributed by atoms with van der Waals surface area (Å²) < 4.78 is 12.0. The molecule has 0 radical (unpaired) electrons. The van der Waals surface area contributed by atoms with Gasteiger partial charge in [-0.25, -0.2) is 9.78 Å². The third kappa shape index (κ3) is 6.20. The second-order valence-electron chi connectivity index (χ2n) is 9.76. The topological polar surface area (TPSA) is 123 Å². The first-order chi connectivity index (χ1) is 20.0. The summed E-state index contributed by atoms with van der Waals surface area (Å²) in [5.74, 6) is 0.829. The number of rotatable bonds is 11. The minimum Gasteiger partial charge on any atom is -0.491 e. The van der Waals surface area contributed by atoms with Gasteiger partial charge in [-0.2, -0.15) is 0 Å². The average Bonchev–Trinajstić information content (AvgIpc) is 3.43. The first-order valence-electron chi connectivity index (χ1n) is 13.7. The Morgan fingerprint density at radius 1 is 1.00 bits per heavy atom. The van der Waals surface area contributed by atoms with Crippen LogP contribution in [-0.2, 0) is 12.8 Å². The molecular formula is C32H32N4O5. The molecule has 0 saturated carbocycles. The van der Waals surface area contributed by atoms with E-state index in [0.717, 1.165) is 35.2 Å². The third-order valence-corrected chi connectivity index (χ3v) is 6.88. The van der Waals surface area contributed by atoms with Gasteiger partial charge in [0.15, 0.2) is 5.82 Å². The number of ether oxygens (including phenoxy) is 1. The molecule has 9 heteroatoms. The van der Waals surface area contributed by atoms with Crippen LogP contribution in [0.1, 0.15) is 42.4 Å². The van der Waals surface area contributed by atoms with Crippen molar-refractivity contribution in [3.63, 3.8) is 0 Å². The van der Waals surface area contributed by atoms with Crippen molar-refractivity contribution in [1.29, 1.82) is 0 Å². The molecule has 5 aromatic rings. The van der Waals surface area contributed by atoms with Gasteiger partial charge in [0.1, 0.15) is 18.2 Å². The predicted molar refractivity (Wildman–Crippen MR) is 157 cm³/mol. The molecule has 3 aromatic carbocycles. The molecular weight excluding hydrogens is 520 g/mol. The molecule has 0 bridgehead atoms. The molecule has 2 N–H and O–H groups in total. The van der Waals surface area contributed by atoms with Crippen LogP contribution in [0.4, 0.5) is 0 Å². The van der Waals surface area contributed by atoms with E-state index in [0.29, 0.717) is 47.1 Å². The Labute approximate surface area is 237 Å². The molecule has 2 heterocycles. The summed E-state index contributed by atoms with van der Waals surface area (Å²) in [7, 11) is 0. The zero-order valence-electron chi connectivity index (χ0n) is 23.1. The van der Waals surface area contributed by atoms with E-state index in [2.05, 4.69) is 17.1 Å². The Morgan fingerprint density at radius 3 is 2.56 bits per heavy atom. The SMILES string of the molecule is CCCCc1nc(C)n(-c2cccc(OCCO)c2)c(=O)c1Cc1ccc(-c2ccccc2)c(-c2noc(=O)[nH]2)c1. The lowest BCUT2D eigenvalue weighted by Crippen LogP contribution is -2.28. The van der Waals surface area contributed by atoms with Gasteiger partial charge in [-0.05, 0) is 54.7 Å². The fourth-order valence-corrected chi connectivity index (χ4v) is 4.94. The molecule has 41 heavy (non-hydrogen) atoms. The Balaban J connectivity index is 1.62. The minimum absolute atomic E-state index is 0.103. The number of nitrogens with zero attached hydrogens (tertiary/aromatic N) is 3. The number of aliphatic hydroxyl groups is 1. The van der Waals surface area contributed by atoms with E-state index in [4.69, 9.17) is 19.4 Å². The molecule has 0 unspecified atom stereocenters. The highest BCUT2D eigenvalue weighted by atomic mass is 16.5. The highest BCUT2D eigenvalue weighted by molar-refractivity contribution is 5.81. The van der Waals surface area contributed by atoms with Gasteiger partial charge in [-0.3, -0.25) is 18.9 Å². The van der Waals surface area contributed by atoms with Crippen molar-refractivity contribution in [1.82, 2.24) is 19.7 Å². The van der Waals surface area contributed by atoms with Gasteiger partial charge in [-0.1, -0.05) is 67.0 Å². The van der Waals surface area contributed by atoms with Gasteiger partial charge in [0.25, 0.3) is 5.56 Å². The second kappa shape index (κ2) is 12.6. The van der Waals surface area contributed by atoms with Crippen molar-refractivity contribution in [2.45, 2.75) is 39.5 Å². The van der Waals surface area contributed by atoms with Crippen molar-refractivity contribution >= 4 is 0 Å². The van der Waals surface area contributed by atoms with Crippen molar-refractivity contribution in [3.05, 3.63) is 116 Å². The van der Waals surface area contributed by atoms with Gasteiger partial charge in [0.05, 0.1) is 18.0 Å². The van der Waals surface area contributed by atoms with Crippen LogP contribution >= 0.6 is 0 Å². The Morgan fingerprint density at radius 2 is 1.83 bits per heavy atom. The number of aromatic amines is 1. The summed E-state index contributed by atoms with van der Waals surface area (Å²) in [6, 6.07) is 22.9. The summed E-state index contributed by atoms with van der Waals surface area (Å²) in [5.41, 5.74) is 5.29. The fraction of sp³-hybridized carbons (Fsp3) is 0.250. The Kier molecular flexibility index (Phi) is 8.55. The Bertz CT molecular complexity index is 1750. The van der Waals surface area contributed by atoms with Crippen LogP contribution in [0, 0.1) is 6.92 Å². The quantitative estimate of drug-likeness (QED) is 0.240. The zero-order valence-corrected chi connectivity index (χ0v) is 23.1. The van der Waals surface area contributed by atoms with Crippen molar-refractivity contribution in [2.75, 3.05) is 13.2 Å². The standard InChI is InChI=1S/C32H32N4O5/c1-3-4-13-29-28(31(38)36(21(2)33-29)24-11-8-12-25(20-24)40-17-16-37)19-22-14-15-26(23-9-6-5-7-10-23)27(18-22)30-34-32(39)41-35-30/h5-12,14-15,18,20,37H,3-4,13,16-17,19H2,1-2H3,(H,34,35,39). The van der Waals surface area contributed by atoms with E-state index in [9.17, 15) is 9.59 Å². The number of aromatic nitrogens is 4. The lowest BCUT2D eigenvalue weighted by molar-refractivity contribution is 0.201. The highest BCUT2D eigenvalue weighted by Crippen LogP contribution is 2.31. The van der Waals surface area contributed by atoms with Crippen LogP contribution in [0.3, 0.4) is 0 Å². The summed E-state index contributed by atoms with van der Waals surface area (Å²) in [4.78, 5) is 33.5. The molecule has 0 aliphatic heterocycles.